The first-order valence-electron chi connectivity index (χ1n) is 4.99. The van der Waals surface area contributed by atoms with Gasteiger partial charge in [-0.05, 0) is 31.2 Å². The number of amides is 1. The highest BCUT2D eigenvalue weighted by Gasteiger charge is 2.13. The summed E-state index contributed by atoms with van der Waals surface area (Å²) in [4.78, 5) is 11.8. The number of aryl methyl sites for hydroxylation is 1. The van der Waals surface area contributed by atoms with Crippen LogP contribution in [0.25, 0.3) is 0 Å². The fraction of sp³-hybridized carbons (Fsp3) is 0.0833. The van der Waals surface area contributed by atoms with E-state index in [1.165, 1.54) is 12.1 Å². The molecule has 2 rings (SSSR count). The van der Waals surface area contributed by atoms with Gasteiger partial charge in [-0.25, -0.2) is 0 Å². The molecule has 0 saturated carbocycles. The van der Waals surface area contributed by atoms with Gasteiger partial charge in [-0.3, -0.25) is 4.79 Å². The van der Waals surface area contributed by atoms with Crippen molar-refractivity contribution in [3.8, 4) is 0 Å². The quantitative estimate of drug-likeness (QED) is 0.810. The van der Waals surface area contributed by atoms with Crippen molar-refractivity contribution >= 4 is 46.4 Å². The SMILES string of the molecule is Cc1ccc(C(=O)Nc2cc(Cl)c(Cl)cc2Cl)o1. The predicted octanol–water partition coefficient (Wildman–Crippen LogP) is 4.80. The number of carbonyl (C=O) groups is 1. The van der Waals surface area contributed by atoms with Gasteiger partial charge in [0.15, 0.2) is 5.76 Å². The second-order valence-electron chi connectivity index (χ2n) is 3.61. The van der Waals surface area contributed by atoms with Crippen LogP contribution in [-0.4, -0.2) is 5.91 Å². The first kappa shape index (κ1) is 13.3. The molecule has 0 unspecified atom stereocenters. The van der Waals surface area contributed by atoms with Crippen molar-refractivity contribution in [3.63, 3.8) is 0 Å². The normalized spacial score (nSPS) is 10.4. The summed E-state index contributed by atoms with van der Waals surface area (Å²) >= 11 is 17.6. The average molecular weight is 305 g/mol. The number of hydrogen-bond donors (Lipinski definition) is 1. The van der Waals surface area contributed by atoms with Gasteiger partial charge in [-0.2, -0.15) is 0 Å². The van der Waals surface area contributed by atoms with Crippen molar-refractivity contribution in [2.45, 2.75) is 6.92 Å². The summed E-state index contributed by atoms with van der Waals surface area (Å²) in [5, 5.41) is 3.55. The molecule has 0 radical (unpaired) electrons. The third kappa shape index (κ3) is 2.80. The van der Waals surface area contributed by atoms with Crippen LogP contribution in [-0.2, 0) is 0 Å². The van der Waals surface area contributed by atoms with Crippen molar-refractivity contribution in [3.05, 3.63) is 50.9 Å². The topological polar surface area (TPSA) is 42.2 Å². The Labute approximate surface area is 119 Å². The van der Waals surface area contributed by atoms with Crippen LogP contribution < -0.4 is 5.32 Å². The van der Waals surface area contributed by atoms with Gasteiger partial charge < -0.3 is 9.73 Å². The molecule has 0 bridgehead atoms. The predicted molar refractivity (Wildman–Crippen MR) is 72.9 cm³/mol. The Morgan fingerprint density at radius 2 is 1.78 bits per heavy atom. The second kappa shape index (κ2) is 5.22. The van der Waals surface area contributed by atoms with Crippen molar-refractivity contribution in [2.24, 2.45) is 0 Å². The maximum absolute atomic E-state index is 11.8. The van der Waals surface area contributed by atoms with E-state index in [1.807, 2.05) is 0 Å². The van der Waals surface area contributed by atoms with E-state index in [9.17, 15) is 4.79 Å². The fourth-order valence-electron chi connectivity index (χ4n) is 1.36. The lowest BCUT2D eigenvalue weighted by Crippen LogP contribution is -2.11. The number of nitrogens with one attached hydrogen (secondary N) is 1. The van der Waals surface area contributed by atoms with E-state index in [0.29, 0.717) is 26.5 Å². The molecule has 0 aliphatic carbocycles. The minimum Gasteiger partial charge on any atom is -0.456 e. The van der Waals surface area contributed by atoms with Crippen LogP contribution in [0.1, 0.15) is 16.3 Å². The Kier molecular flexibility index (Phi) is 3.85. The van der Waals surface area contributed by atoms with Crippen LogP contribution in [0.3, 0.4) is 0 Å². The summed E-state index contributed by atoms with van der Waals surface area (Å²) in [6, 6.07) is 6.23. The number of anilines is 1. The molecule has 1 N–H and O–H groups in total. The average Bonchev–Trinajstić information content (AvgIpc) is 2.73. The second-order valence-corrected chi connectivity index (χ2v) is 4.83. The Balaban J connectivity index is 2.24. The molecular formula is C12H8Cl3NO2. The van der Waals surface area contributed by atoms with Crippen molar-refractivity contribution in [2.75, 3.05) is 5.32 Å². The maximum Gasteiger partial charge on any atom is 0.291 e. The number of furan rings is 1. The van der Waals surface area contributed by atoms with Gasteiger partial charge >= 0.3 is 0 Å². The maximum atomic E-state index is 11.8. The summed E-state index contributed by atoms with van der Waals surface area (Å²) in [6.07, 6.45) is 0. The molecule has 1 aromatic carbocycles. The van der Waals surface area contributed by atoms with E-state index in [1.54, 1.807) is 19.1 Å². The Hall–Kier alpha value is -1.16. The van der Waals surface area contributed by atoms with Crippen LogP contribution in [0.15, 0.2) is 28.7 Å². The highest BCUT2D eigenvalue weighted by Crippen LogP contribution is 2.32. The van der Waals surface area contributed by atoms with Gasteiger partial charge in [-0.1, -0.05) is 34.8 Å². The van der Waals surface area contributed by atoms with E-state index < -0.39 is 5.91 Å². The van der Waals surface area contributed by atoms with Crippen molar-refractivity contribution < 1.29 is 9.21 Å². The Bertz CT molecular complexity index is 607. The van der Waals surface area contributed by atoms with Crippen LogP contribution in [0.5, 0.6) is 0 Å². The molecule has 1 aromatic heterocycles. The van der Waals surface area contributed by atoms with E-state index in [-0.39, 0.29) is 5.76 Å². The van der Waals surface area contributed by atoms with Gasteiger partial charge in [0, 0.05) is 0 Å². The largest absolute Gasteiger partial charge is 0.456 e. The number of hydrogen-bond acceptors (Lipinski definition) is 2. The highest BCUT2D eigenvalue weighted by atomic mass is 35.5. The van der Waals surface area contributed by atoms with Crippen LogP contribution in [0, 0.1) is 6.92 Å². The molecule has 1 amide bonds. The third-order valence-electron chi connectivity index (χ3n) is 2.22. The van der Waals surface area contributed by atoms with Gasteiger partial charge in [0.2, 0.25) is 0 Å². The fourth-order valence-corrected chi connectivity index (χ4v) is 1.95. The third-order valence-corrected chi connectivity index (χ3v) is 3.26. The first-order chi connectivity index (χ1) is 8.47. The van der Waals surface area contributed by atoms with Crippen molar-refractivity contribution in [1.29, 1.82) is 0 Å². The monoisotopic (exact) mass is 303 g/mol. The lowest BCUT2D eigenvalue weighted by Gasteiger charge is -2.07. The zero-order valence-electron chi connectivity index (χ0n) is 9.26. The molecule has 0 aliphatic rings. The molecule has 0 fully saturated rings. The summed E-state index contributed by atoms with van der Waals surface area (Å²) < 4.78 is 5.20. The molecule has 0 saturated heterocycles. The molecule has 94 valence electrons. The number of carbonyl (C=O) groups excluding carboxylic acids is 1. The van der Waals surface area contributed by atoms with Gasteiger partial charge in [-0.15, -0.1) is 0 Å². The minimum atomic E-state index is -0.400. The molecule has 0 atom stereocenters. The van der Waals surface area contributed by atoms with E-state index >= 15 is 0 Å². The number of rotatable bonds is 2. The molecule has 18 heavy (non-hydrogen) atoms. The number of halogens is 3. The smallest absolute Gasteiger partial charge is 0.291 e. The minimum absolute atomic E-state index is 0.203. The summed E-state index contributed by atoms with van der Waals surface area (Å²) in [6.45, 7) is 1.75. The van der Waals surface area contributed by atoms with Crippen molar-refractivity contribution in [1.82, 2.24) is 0 Å². The Morgan fingerprint density at radius 3 is 2.39 bits per heavy atom. The molecule has 2 aromatic rings. The zero-order valence-corrected chi connectivity index (χ0v) is 11.5. The van der Waals surface area contributed by atoms with Gasteiger partial charge in [0.05, 0.1) is 20.8 Å². The first-order valence-corrected chi connectivity index (χ1v) is 6.13. The standard InChI is InChI=1S/C12H8Cl3NO2/c1-6-2-3-11(18-6)12(17)16-10-5-8(14)7(13)4-9(10)15/h2-5H,1H3,(H,16,17). The van der Waals surface area contributed by atoms with E-state index in [0.717, 1.165) is 0 Å². The molecular weight excluding hydrogens is 296 g/mol. The zero-order chi connectivity index (χ0) is 13.3. The van der Waals surface area contributed by atoms with Gasteiger partial charge in [0.25, 0.3) is 5.91 Å². The van der Waals surface area contributed by atoms with E-state index in [4.69, 9.17) is 39.2 Å². The molecule has 1 heterocycles. The lowest BCUT2D eigenvalue weighted by atomic mass is 10.3. The molecule has 0 aliphatic heterocycles. The van der Waals surface area contributed by atoms with Crippen LogP contribution in [0.4, 0.5) is 5.69 Å². The summed E-state index contributed by atoms with van der Waals surface area (Å²) in [7, 11) is 0. The summed E-state index contributed by atoms with van der Waals surface area (Å²) in [5.74, 6) is 0.457. The van der Waals surface area contributed by atoms with Crippen LogP contribution >= 0.6 is 34.8 Å². The highest BCUT2D eigenvalue weighted by molar-refractivity contribution is 6.44. The molecule has 0 spiro atoms. The van der Waals surface area contributed by atoms with Crippen LogP contribution in [0.2, 0.25) is 15.1 Å². The molecule has 6 heteroatoms. The number of benzene rings is 1. The summed E-state index contributed by atoms with van der Waals surface area (Å²) in [5.41, 5.74) is 0.380. The Morgan fingerprint density at radius 1 is 1.11 bits per heavy atom. The molecule has 3 nitrogen and oxygen atoms in total. The van der Waals surface area contributed by atoms with Gasteiger partial charge in [0.1, 0.15) is 5.76 Å². The van der Waals surface area contributed by atoms with E-state index in [2.05, 4.69) is 5.32 Å². The lowest BCUT2D eigenvalue weighted by molar-refractivity contribution is 0.0995.